The van der Waals surface area contributed by atoms with Gasteiger partial charge in [0.05, 0.1) is 4.47 Å². The molecule has 0 fully saturated rings. The monoisotopic (exact) mass is 424 g/mol. The number of ether oxygens (including phenoxy) is 3. The van der Waals surface area contributed by atoms with E-state index >= 15 is 0 Å². The Morgan fingerprint density at radius 1 is 0.704 bits per heavy atom. The van der Waals surface area contributed by atoms with Gasteiger partial charge >= 0.3 is 0 Å². The predicted octanol–water partition coefficient (Wildman–Crippen LogP) is 6.17. The second kappa shape index (κ2) is 9.83. The van der Waals surface area contributed by atoms with Crippen LogP contribution in [0.2, 0.25) is 0 Å². The van der Waals surface area contributed by atoms with Crippen LogP contribution < -0.4 is 14.2 Å². The first-order valence-corrected chi connectivity index (χ1v) is 9.46. The zero-order valence-corrected chi connectivity index (χ0v) is 16.5. The Balaban J connectivity index is 1.78. The number of benzene rings is 3. The Morgan fingerprint density at radius 2 is 1.22 bits per heavy atom. The van der Waals surface area contributed by atoms with Crippen molar-refractivity contribution in [2.45, 2.75) is 13.2 Å². The highest BCUT2D eigenvalue weighted by molar-refractivity contribution is 9.10. The van der Waals surface area contributed by atoms with Gasteiger partial charge in [-0.05, 0) is 27.1 Å². The first-order valence-electron chi connectivity index (χ1n) is 8.67. The molecule has 3 nitrogen and oxygen atoms in total. The van der Waals surface area contributed by atoms with Gasteiger partial charge in [0, 0.05) is 12.1 Å². The van der Waals surface area contributed by atoms with Crippen molar-refractivity contribution >= 4 is 15.9 Å². The zero-order chi connectivity index (χ0) is 18.9. The van der Waals surface area contributed by atoms with Crippen molar-refractivity contribution < 1.29 is 14.2 Å². The van der Waals surface area contributed by atoms with Gasteiger partial charge in [0.2, 0.25) is 0 Å². The smallest absolute Gasteiger partial charge is 0.165 e. The molecule has 0 bridgehead atoms. The highest BCUT2D eigenvalue weighted by Crippen LogP contribution is 2.38. The Bertz CT molecular complexity index is 864. The summed E-state index contributed by atoms with van der Waals surface area (Å²) in [6.07, 6.45) is 1.70. The van der Waals surface area contributed by atoms with Crippen molar-refractivity contribution in [1.29, 1.82) is 0 Å². The van der Waals surface area contributed by atoms with E-state index in [1.54, 1.807) is 6.08 Å². The largest absolute Gasteiger partial charge is 0.488 e. The van der Waals surface area contributed by atoms with E-state index in [1.807, 2.05) is 72.8 Å². The van der Waals surface area contributed by atoms with Crippen LogP contribution in [0.5, 0.6) is 17.2 Å². The van der Waals surface area contributed by atoms with E-state index in [-0.39, 0.29) is 0 Å². The Kier molecular flexibility index (Phi) is 6.94. The maximum atomic E-state index is 6.01. The number of hydrogen-bond acceptors (Lipinski definition) is 3. The molecule has 27 heavy (non-hydrogen) atoms. The molecule has 0 amide bonds. The Hall–Kier alpha value is -2.72. The molecule has 0 saturated heterocycles. The summed E-state index contributed by atoms with van der Waals surface area (Å²) in [5.74, 6) is 1.98. The van der Waals surface area contributed by atoms with E-state index in [9.17, 15) is 0 Å². The van der Waals surface area contributed by atoms with E-state index in [0.29, 0.717) is 37.1 Å². The lowest BCUT2D eigenvalue weighted by atomic mass is 10.2. The van der Waals surface area contributed by atoms with Crippen LogP contribution in [0.25, 0.3) is 0 Å². The summed E-state index contributed by atoms with van der Waals surface area (Å²) in [6, 6.07) is 23.8. The molecule has 3 rings (SSSR count). The molecule has 0 aliphatic heterocycles. The van der Waals surface area contributed by atoms with Crippen molar-refractivity contribution in [1.82, 2.24) is 0 Å². The van der Waals surface area contributed by atoms with Crippen molar-refractivity contribution in [3.63, 3.8) is 0 Å². The molecule has 138 valence electrons. The van der Waals surface area contributed by atoms with Crippen LogP contribution in [0.3, 0.4) is 0 Å². The fourth-order valence-electron chi connectivity index (χ4n) is 2.47. The minimum Gasteiger partial charge on any atom is -0.488 e. The average Bonchev–Trinajstić information content (AvgIpc) is 2.72. The lowest BCUT2D eigenvalue weighted by Gasteiger charge is -2.16. The fourth-order valence-corrected chi connectivity index (χ4v) is 2.91. The van der Waals surface area contributed by atoms with Crippen molar-refractivity contribution in [2.75, 3.05) is 6.61 Å². The van der Waals surface area contributed by atoms with E-state index in [0.717, 1.165) is 15.6 Å². The van der Waals surface area contributed by atoms with E-state index in [1.165, 1.54) is 0 Å². The van der Waals surface area contributed by atoms with Crippen molar-refractivity contribution in [2.24, 2.45) is 0 Å². The van der Waals surface area contributed by atoms with E-state index in [2.05, 4.69) is 22.5 Å². The molecule has 4 heteroatoms. The molecule has 0 heterocycles. The lowest BCUT2D eigenvalue weighted by Crippen LogP contribution is -2.02. The van der Waals surface area contributed by atoms with Gasteiger partial charge in [-0.1, -0.05) is 73.3 Å². The van der Waals surface area contributed by atoms with Gasteiger partial charge in [0.1, 0.15) is 25.6 Å². The molecule has 0 aromatic heterocycles. The number of hydrogen-bond donors (Lipinski definition) is 0. The first kappa shape index (κ1) is 19.1. The summed E-state index contributed by atoms with van der Waals surface area (Å²) in [7, 11) is 0. The molecule has 3 aromatic rings. The van der Waals surface area contributed by atoms with Gasteiger partial charge in [-0.3, -0.25) is 0 Å². The summed E-state index contributed by atoms with van der Waals surface area (Å²) in [5, 5.41) is 0. The molecule has 0 saturated carbocycles. The van der Waals surface area contributed by atoms with Crippen LogP contribution >= 0.6 is 15.9 Å². The topological polar surface area (TPSA) is 27.7 Å². The fraction of sp³-hybridized carbons (Fsp3) is 0.130. The average molecular weight is 425 g/mol. The van der Waals surface area contributed by atoms with Gasteiger partial charge in [0.25, 0.3) is 0 Å². The van der Waals surface area contributed by atoms with Gasteiger partial charge < -0.3 is 14.2 Å². The molecule has 0 N–H and O–H groups in total. The third-order valence-corrected chi connectivity index (χ3v) is 4.45. The van der Waals surface area contributed by atoms with Crippen molar-refractivity contribution in [3.8, 4) is 17.2 Å². The lowest BCUT2D eigenvalue weighted by molar-refractivity contribution is 0.267. The molecule has 3 aromatic carbocycles. The molecule has 0 aliphatic rings. The summed E-state index contributed by atoms with van der Waals surface area (Å²) in [6.45, 7) is 5.03. The maximum absolute atomic E-state index is 6.01. The Labute approximate surface area is 168 Å². The van der Waals surface area contributed by atoms with Crippen LogP contribution in [0.1, 0.15) is 11.1 Å². The number of halogens is 1. The van der Waals surface area contributed by atoms with Gasteiger partial charge in [-0.15, -0.1) is 0 Å². The highest BCUT2D eigenvalue weighted by Gasteiger charge is 2.13. The highest BCUT2D eigenvalue weighted by atomic mass is 79.9. The standard InChI is InChI=1S/C23H21BrO3/c1-2-13-25-22-14-20(24)21(26-16-18-9-5-3-6-10-18)15-23(22)27-17-19-11-7-4-8-12-19/h2-12,14-15H,1,13,16-17H2. The van der Waals surface area contributed by atoms with Crippen molar-refractivity contribution in [3.05, 3.63) is 101 Å². The quantitative estimate of drug-likeness (QED) is 0.384. The van der Waals surface area contributed by atoms with Crippen LogP contribution in [0, 0.1) is 0 Å². The zero-order valence-electron chi connectivity index (χ0n) is 14.9. The van der Waals surface area contributed by atoms with E-state index in [4.69, 9.17) is 14.2 Å². The molecule has 0 aliphatic carbocycles. The Morgan fingerprint density at radius 3 is 1.78 bits per heavy atom. The molecular formula is C23H21BrO3. The van der Waals surface area contributed by atoms with E-state index < -0.39 is 0 Å². The second-order valence-electron chi connectivity index (χ2n) is 5.88. The normalized spacial score (nSPS) is 10.3. The van der Waals surface area contributed by atoms with Crippen LogP contribution in [0.15, 0.2) is 89.9 Å². The molecule has 0 radical (unpaired) electrons. The first-order chi connectivity index (χ1) is 13.3. The molecule has 0 unspecified atom stereocenters. The predicted molar refractivity (Wildman–Crippen MR) is 111 cm³/mol. The SMILES string of the molecule is C=CCOc1cc(Br)c(OCc2ccccc2)cc1OCc1ccccc1. The molecular weight excluding hydrogens is 404 g/mol. The summed E-state index contributed by atoms with van der Waals surface area (Å²) in [4.78, 5) is 0. The van der Waals surface area contributed by atoms with Crippen LogP contribution in [0.4, 0.5) is 0 Å². The molecule has 0 atom stereocenters. The third kappa shape index (κ3) is 5.63. The van der Waals surface area contributed by atoms with Gasteiger partial charge in [-0.25, -0.2) is 0 Å². The van der Waals surface area contributed by atoms with Gasteiger partial charge in [-0.2, -0.15) is 0 Å². The summed E-state index contributed by atoms with van der Waals surface area (Å²) in [5.41, 5.74) is 2.19. The summed E-state index contributed by atoms with van der Waals surface area (Å²) < 4.78 is 18.5. The summed E-state index contributed by atoms with van der Waals surface area (Å²) >= 11 is 3.56. The second-order valence-corrected chi connectivity index (χ2v) is 6.73. The molecule has 0 spiro atoms. The third-order valence-electron chi connectivity index (χ3n) is 3.83. The minimum absolute atomic E-state index is 0.401. The minimum atomic E-state index is 0.401. The number of rotatable bonds is 9. The maximum Gasteiger partial charge on any atom is 0.165 e. The van der Waals surface area contributed by atoms with Crippen LogP contribution in [-0.4, -0.2) is 6.61 Å². The van der Waals surface area contributed by atoms with Crippen LogP contribution in [-0.2, 0) is 13.2 Å². The van der Waals surface area contributed by atoms with Gasteiger partial charge in [0.15, 0.2) is 11.5 Å².